The Morgan fingerprint density at radius 1 is 0.952 bits per heavy atom. The number of benzene rings is 2. The van der Waals surface area contributed by atoms with Gasteiger partial charge in [0.15, 0.2) is 0 Å². The van der Waals surface area contributed by atoms with Gasteiger partial charge in [0.1, 0.15) is 6.42 Å². The molecule has 5 heteroatoms. The van der Waals surface area contributed by atoms with E-state index in [1.807, 2.05) is 37.3 Å². The van der Waals surface area contributed by atoms with E-state index in [4.69, 9.17) is 0 Å². The molecule has 0 saturated carbocycles. The summed E-state index contributed by atoms with van der Waals surface area (Å²) in [4.78, 5) is 23.6. The molecule has 2 aromatic rings. The molecule has 0 aliphatic rings. The zero-order chi connectivity index (χ0) is 15.2. The monoisotopic (exact) mass is 346 g/mol. The predicted octanol–water partition coefficient (Wildman–Crippen LogP) is 3.72. The largest absolute Gasteiger partial charge is 0.326 e. The van der Waals surface area contributed by atoms with Gasteiger partial charge in [-0.3, -0.25) is 9.59 Å². The van der Waals surface area contributed by atoms with Gasteiger partial charge in [0.05, 0.1) is 0 Å². The Bertz CT molecular complexity index is 654. The number of nitrogens with one attached hydrogen (secondary N) is 2. The van der Waals surface area contributed by atoms with E-state index in [2.05, 4.69) is 26.6 Å². The summed E-state index contributed by atoms with van der Waals surface area (Å²) in [6.07, 6.45) is -0.218. The summed E-state index contributed by atoms with van der Waals surface area (Å²) >= 11 is 3.32. The molecule has 4 nitrogen and oxygen atoms in total. The van der Waals surface area contributed by atoms with Crippen LogP contribution in [0.3, 0.4) is 0 Å². The standard InChI is InChI=1S/C16H15BrN2O2/c1-11-3-2-4-14(9-11)19-16(21)10-15(20)18-13-7-5-12(17)6-8-13/h2-9H,10H2,1H3,(H,18,20)(H,19,21). The number of hydrogen-bond donors (Lipinski definition) is 2. The molecule has 0 atom stereocenters. The molecular weight excluding hydrogens is 332 g/mol. The van der Waals surface area contributed by atoms with Gasteiger partial charge in [0.2, 0.25) is 11.8 Å². The quantitative estimate of drug-likeness (QED) is 0.828. The van der Waals surface area contributed by atoms with Gasteiger partial charge in [-0.15, -0.1) is 0 Å². The van der Waals surface area contributed by atoms with Crippen LogP contribution in [0.2, 0.25) is 0 Å². The van der Waals surface area contributed by atoms with Crippen molar-refractivity contribution in [1.82, 2.24) is 0 Å². The van der Waals surface area contributed by atoms with E-state index in [9.17, 15) is 9.59 Å². The second-order valence-corrected chi connectivity index (χ2v) is 5.57. The lowest BCUT2D eigenvalue weighted by Gasteiger charge is -2.07. The van der Waals surface area contributed by atoms with Gasteiger partial charge >= 0.3 is 0 Å². The van der Waals surface area contributed by atoms with Gasteiger partial charge in [-0.1, -0.05) is 28.1 Å². The third kappa shape index (κ3) is 5.04. The van der Waals surface area contributed by atoms with Crippen LogP contribution >= 0.6 is 15.9 Å². The topological polar surface area (TPSA) is 58.2 Å². The van der Waals surface area contributed by atoms with E-state index >= 15 is 0 Å². The van der Waals surface area contributed by atoms with E-state index in [1.54, 1.807) is 18.2 Å². The molecule has 0 unspecified atom stereocenters. The maximum Gasteiger partial charge on any atom is 0.233 e. The Morgan fingerprint density at radius 3 is 2.19 bits per heavy atom. The Balaban J connectivity index is 1.87. The van der Waals surface area contributed by atoms with Crippen LogP contribution in [0.5, 0.6) is 0 Å². The van der Waals surface area contributed by atoms with Crippen molar-refractivity contribution in [2.75, 3.05) is 10.6 Å². The van der Waals surface area contributed by atoms with Crippen molar-refractivity contribution in [2.45, 2.75) is 13.3 Å². The highest BCUT2D eigenvalue weighted by Crippen LogP contribution is 2.14. The number of carbonyl (C=O) groups excluding carboxylic acids is 2. The fraction of sp³-hybridized carbons (Fsp3) is 0.125. The molecule has 0 aliphatic carbocycles. The summed E-state index contributed by atoms with van der Waals surface area (Å²) < 4.78 is 0.928. The second-order valence-electron chi connectivity index (χ2n) is 4.65. The average Bonchev–Trinajstić information content (AvgIpc) is 2.41. The summed E-state index contributed by atoms with van der Waals surface area (Å²) in [5, 5.41) is 5.38. The normalized spacial score (nSPS) is 10.0. The number of carbonyl (C=O) groups is 2. The van der Waals surface area contributed by atoms with E-state index in [0.717, 1.165) is 10.0 Å². The van der Waals surface area contributed by atoms with Gasteiger partial charge in [0, 0.05) is 15.8 Å². The van der Waals surface area contributed by atoms with Crippen LogP contribution in [0, 0.1) is 6.92 Å². The molecule has 2 aromatic carbocycles. The van der Waals surface area contributed by atoms with Gasteiger partial charge in [0.25, 0.3) is 0 Å². The molecule has 2 N–H and O–H groups in total. The number of aryl methyl sites for hydroxylation is 1. The lowest BCUT2D eigenvalue weighted by molar-refractivity contribution is -0.123. The molecule has 0 radical (unpaired) electrons. The summed E-state index contributed by atoms with van der Waals surface area (Å²) in [5.74, 6) is -0.683. The lowest BCUT2D eigenvalue weighted by Crippen LogP contribution is -2.21. The minimum Gasteiger partial charge on any atom is -0.326 e. The van der Waals surface area contributed by atoms with Crippen molar-refractivity contribution in [3.63, 3.8) is 0 Å². The van der Waals surface area contributed by atoms with Crippen LogP contribution in [0.1, 0.15) is 12.0 Å². The molecule has 0 saturated heterocycles. The highest BCUT2D eigenvalue weighted by Gasteiger charge is 2.10. The van der Waals surface area contributed by atoms with Crippen molar-refractivity contribution in [3.8, 4) is 0 Å². The number of halogens is 1. The van der Waals surface area contributed by atoms with Gasteiger partial charge in [-0.05, 0) is 48.9 Å². The van der Waals surface area contributed by atoms with Crippen LogP contribution in [-0.4, -0.2) is 11.8 Å². The van der Waals surface area contributed by atoms with Crippen molar-refractivity contribution >= 4 is 39.1 Å². The maximum absolute atomic E-state index is 11.8. The van der Waals surface area contributed by atoms with Crippen LogP contribution in [-0.2, 0) is 9.59 Å². The third-order valence-electron chi connectivity index (χ3n) is 2.75. The Hall–Kier alpha value is -2.14. The molecule has 0 aliphatic heterocycles. The lowest BCUT2D eigenvalue weighted by atomic mass is 10.2. The van der Waals surface area contributed by atoms with E-state index < -0.39 is 0 Å². The first kappa shape index (κ1) is 15.3. The highest BCUT2D eigenvalue weighted by molar-refractivity contribution is 9.10. The molecule has 0 spiro atoms. The molecule has 0 fully saturated rings. The fourth-order valence-corrected chi connectivity index (χ4v) is 2.08. The van der Waals surface area contributed by atoms with Gasteiger partial charge < -0.3 is 10.6 Å². The fourth-order valence-electron chi connectivity index (χ4n) is 1.81. The molecule has 0 heterocycles. The molecule has 21 heavy (non-hydrogen) atoms. The van der Waals surface area contributed by atoms with Crippen LogP contribution in [0.25, 0.3) is 0 Å². The van der Waals surface area contributed by atoms with Crippen LogP contribution in [0.4, 0.5) is 11.4 Å². The number of rotatable bonds is 4. The first-order valence-corrected chi connectivity index (χ1v) is 7.24. The molecule has 2 amide bonds. The van der Waals surface area contributed by atoms with Crippen LogP contribution in [0.15, 0.2) is 53.0 Å². The second kappa shape index (κ2) is 7.04. The smallest absolute Gasteiger partial charge is 0.233 e. The Kier molecular flexibility index (Phi) is 5.11. The summed E-state index contributed by atoms with van der Waals surface area (Å²) in [7, 11) is 0. The first-order chi connectivity index (χ1) is 10.0. The number of anilines is 2. The Labute approximate surface area is 131 Å². The third-order valence-corrected chi connectivity index (χ3v) is 3.28. The van der Waals surface area contributed by atoms with E-state index in [1.165, 1.54) is 0 Å². The van der Waals surface area contributed by atoms with Crippen LogP contribution < -0.4 is 10.6 Å². The van der Waals surface area contributed by atoms with Crippen molar-refractivity contribution in [1.29, 1.82) is 0 Å². The van der Waals surface area contributed by atoms with Gasteiger partial charge in [-0.25, -0.2) is 0 Å². The van der Waals surface area contributed by atoms with Crippen molar-refractivity contribution in [2.24, 2.45) is 0 Å². The minimum atomic E-state index is -0.345. The molecule has 0 bridgehead atoms. The summed E-state index contributed by atoms with van der Waals surface area (Å²) in [6.45, 7) is 1.94. The van der Waals surface area contributed by atoms with E-state index in [0.29, 0.717) is 11.4 Å². The minimum absolute atomic E-state index is 0.218. The SMILES string of the molecule is Cc1cccc(NC(=O)CC(=O)Nc2ccc(Br)cc2)c1. The zero-order valence-electron chi connectivity index (χ0n) is 11.5. The molecule has 108 valence electrons. The van der Waals surface area contributed by atoms with Crippen molar-refractivity contribution < 1.29 is 9.59 Å². The molecule has 2 rings (SSSR count). The molecular formula is C16H15BrN2O2. The average molecular weight is 347 g/mol. The number of amides is 2. The Morgan fingerprint density at radius 2 is 1.57 bits per heavy atom. The van der Waals surface area contributed by atoms with E-state index in [-0.39, 0.29) is 18.2 Å². The maximum atomic E-state index is 11.8. The van der Waals surface area contributed by atoms with Gasteiger partial charge in [-0.2, -0.15) is 0 Å². The molecule has 0 aromatic heterocycles. The highest BCUT2D eigenvalue weighted by atomic mass is 79.9. The first-order valence-electron chi connectivity index (χ1n) is 6.45. The predicted molar refractivity (Wildman–Crippen MR) is 87.2 cm³/mol. The summed E-state index contributed by atoms with van der Waals surface area (Å²) in [5.41, 5.74) is 2.40. The van der Waals surface area contributed by atoms with Crippen molar-refractivity contribution in [3.05, 3.63) is 58.6 Å². The zero-order valence-corrected chi connectivity index (χ0v) is 13.1. The number of hydrogen-bond acceptors (Lipinski definition) is 2. The summed E-state index contributed by atoms with van der Waals surface area (Å²) in [6, 6.07) is 14.6.